The highest BCUT2D eigenvalue weighted by Crippen LogP contribution is 2.47. The summed E-state index contributed by atoms with van der Waals surface area (Å²) in [5, 5.41) is 9.67. The molecule has 3 N–H and O–H groups in total. The van der Waals surface area contributed by atoms with Crippen LogP contribution in [0.4, 0.5) is 0 Å². The van der Waals surface area contributed by atoms with Gasteiger partial charge in [-0.05, 0) is 53.8 Å². The molecule has 2 heteroatoms. The number of phenolic OH excluding ortho intramolecular Hbond substituents is 1. The molecule has 0 saturated heterocycles. The summed E-state index contributed by atoms with van der Waals surface area (Å²) in [6, 6.07) is 10.0. The number of rotatable bonds is 1. The average molecular weight is 239 g/mol. The fourth-order valence-electron chi connectivity index (χ4n) is 3.15. The second-order valence-electron chi connectivity index (χ2n) is 5.10. The van der Waals surface area contributed by atoms with E-state index >= 15 is 0 Å². The molecule has 2 aromatic carbocycles. The molecule has 2 nitrogen and oxygen atoms in total. The molecule has 0 bridgehead atoms. The number of phenols is 1. The monoisotopic (exact) mass is 239 g/mol. The van der Waals surface area contributed by atoms with E-state index in [2.05, 4.69) is 26.0 Å². The Morgan fingerprint density at radius 2 is 1.89 bits per heavy atom. The number of nitrogens with two attached hydrogens (primary N) is 1. The lowest BCUT2D eigenvalue weighted by atomic mass is 9.92. The summed E-state index contributed by atoms with van der Waals surface area (Å²) in [7, 11) is 0. The van der Waals surface area contributed by atoms with Crippen LogP contribution in [0, 0.1) is 13.8 Å². The van der Waals surface area contributed by atoms with Gasteiger partial charge in [0.1, 0.15) is 5.75 Å². The molecule has 0 aliphatic heterocycles. The van der Waals surface area contributed by atoms with Crippen molar-refractivity contribution < 1.29 is 5.11 Å². The molecule has 2 aromatic rings. The van der Waals surface area contributed by atoms with Gasteiger partial charge in [0.15, 0.2) is 0 Å². The van der Waals surface area contributed by atoms with Gasteiger partial charge < -0.3 is 10.8 Å². The Morgan fingerprint density at radius 1 is 1.11 bits per heavy atom. The SMILES string of the molecule is Cc1cc(C)c2c(c1)-c1ccc(O)cc1C2CN. The third-order valence-corrected chi connectivity index (χ3v) is 3.82. The zero-order valence-electron chi connectivity index (χ0n) is 10.7. The van der Waals surface area contributed by atoms with E-state index in [0.717, 1.165) is 5.56 Å². The first-order valence-corrected chi connectivity index (χ1v) is 6.26. The van der Waals surface area contributed by atoms with Gasteiger partial charge in [-0.2, -0.15) is 0 Å². The highest BCUT2D eigenvalue weighted by Gasteiger charge is 2.29. The van der Waals surface area contributed by atoms with Crippen molar-refractivity contribution in [3.05, 3.63) is 52.6 Å². The lowest BCUT2D eigenvalue weighted by molar-refractivity contribution is 0.474. The standard InChI is InChI=1S/C16H17NO/c1-9-5-10(2)16-14(6-9)12-4-3-11(18)7-13(12)15(16)8-17/h3-7,15,18H,8,17H2,1-2H3. The quantitative estimate of drug-likeness (QED) is 0.803. The maximum absolute atomic E-state index is 9.67. The van der Waals surface area contributed by atoms with Gasteiger partial charge in [-0.3, -0.25) is 0 Å². The number of fused-ring (bicyclic) bond motifs is 3. The van der Waals surface area contributed by atoms with Crippen molar-refractivity contribution in [1.29, 1.82) is 0 Å². The van der Waals surface area contributed by atoms with Crippen LogP contribution >= 0.6 is 0 Å². The van der Waals surface area contributed by atoms with Gasteiger partial charge in [0, 0.05) is 12.5 Å². The lowest BCUT2D eigenvalue weighted by Crippen LogP contribution is -2.12. The van der Waals surface area contributed by atoms with Crippen LogP contribution in [0.3, 0.4) is 0 Å². The summed E-state index contributed by atoms with van der Waals surface area (Å²) in [4.78, 5) is 0. The smallest absolute Gasteiger partial charge is 0.115 e. The second kappa shape index (κ2) is 3.85. The molecule has 92 valence electrons. The van der Waals surface area contributed by atoms with Gasteiger partial charge in [-0.15, -0.1) is 0 Å². The van der Waals surface area contributed by atoms with Crippen molar-refractivity contribution in [2.24, 2.45) is 5.73 Å². The zero-order chi connectivity index (χ0) is 12.9. The first kappa shape index (κ1) is 11.3. The maximum Gasteiger partial charge on any atom is 0.115 e. The summed E-state index contributed by atoms with van der Waals surface area (Å²) >= 11 is 0. The minimum absolute atomic E-state index is 0.211. The van der Waals surface area contributed by atoms with Crippen LogP contribution in [-0.2, 0) is 0 Å². The molecule has 1 unspecified atom stereocenters. The number of benzene rings is 2. The molecule has 0 heterocycles. The summed E-state index contributed by atoms with van der Waals surface area (Å²) in [5.41, 5.74) is 13.5. The molecule has 18 heavy (non-hydrogen) atoms. The van der Waals surface area contributed by atoms with Crippen LogP contribution < -0.4 is 5.73 Å². The lowest BCUT2D eigenvalue weighted by Gasteiger charge is -2.13. The van der Waals surface area contributed by atoms with E-state index in [-0.39, 0.29) is 5.92 Å². The van der Waals surface area contributed by atoms with Crippen molar-refractivity contribution >= 4 is 0 Å². The van der Waals surface area contributed by atoms with Gasteiger partial charge in [-0.25, -0.2) is 0 Å². The van der Waals surface area contributed by atoms with E-state index in [0.29, 0.717) is 12.3 Å². The Labute approximate surface area is 107 Å². The van der Waals surface area contributed by atoms with E-state index in [9.17, 15) is 5.11 Å². The summed E-state index contributed by atoms with van der Waals surface area (Å²) in [6.07, 6.45) is 0. The third kappa shape index (κ3) is 1.46. The van der Waals surface area contributed by atoms with Gasteiger partial charge >= 0.3 is 0 Å². The first-order chi connectivity index (χ1) is 8.61. The van der Waals surface area contributed by atoms with Crippen molar-refractivity contribution in [3.8, 4) is 16.9 Å². The second-order valence-corrected chi connectivity index (χ2v) is 5.10. The van der Waals surface area contributed by atoms with Crippen molar-refractivity contribution in [2.45, 2.75) is 19.8 Å². The van der Waals surface area contributed by atoms with E-state index in [1.807, 2.05) is 12.1 Å². The summed E-state index contributed by atoms with van der Waals surface area (Å²) in [6.45, 7) is 4.83. The number of hydrogen-bond acceptors (Lipinski definition) is 2. The molecule has 0 fully saturated rings. The Kier molecular flexibility index (Phi) is 2.42. The van der Waals surface area contributed by atoms with Crippen LogP contribution in [0.1, 0.15) is 28.2 Å². The Bertz CT molecular complexity index is 631. The van der Waals surface area contributed by atoms with Crippen molar-refractivity contribution in [3.63, 3.8) is 0 Å². The molecular formula is C16H17NO. The topological polar surface area (TPSA) is 46.2 Å². The molecule has 1 aliphatic carbocycles. The highest BCUT2D eigenvalue weighted by atomic mass is 16.3. The Balaban J connectivity index is 2.34. The van der Waals surface area contributed by atoms with Crippen LogP contribution in [0.15, 0.2) is 30.3 Å². The number of hydrogen-bond donors (Lipinski definition) is 2. The molecule has 1 aliphatic rings. The summed E-state index contributed by atoms with van der Waals surface area (Å²) in [5.74, 6) is 0.525. The molecule has 0 radical (unpaired) electrons. The fraction of sp³-hybridized carbons (Fsp3) is 0.250. The largest absolute Gasteiger partial charge is 0.508 e. The van der Waals surface area contributed by atoms with Crippen LogP contribution in [0.5, 0.6) is 5.75 Å². The van der Waals surface area contributed by atoms with Gasteiger partial charge in [-0.1, -0.05) is 23.8 Å². The average Bonchev–Trinajstić information content (AvgIpc) is 2.62. The predicted octanol–water partition coefficient (Wildman–Crippen LogP) is 3.08. The third-order valence-electron chi connectivity index (χ3n) is 3.82. The molecule has 1 atom stereocenters. The maximum atomic E-state index is 9.67. The van der Waals surface area contributed by atoms with Gasteiger partial charge in [0.2, 0.25) is 0 Å². The highest BCUT2D eigenvalue weighted by molar-refractivity contribution is 5.81. The van der Waals surface area contributed by atoms with E-state index < -0.39 is 0 Å². The van der Waals surface area contributed by atoms with Crippen molar-refractivity contribution in [1.82, 2.24) is 0 Å². The molecule has 0 amide bonds. The first-order valence-electron chi connectivity index (χ1n) is 6.26. The van der Waals surface area contributed by atoms with E-state index in [1.54, 1.807) is 6.07 Å². The minimum atomic E-state index is 0.211. The Hall–Kier alpha value is -1.80. The van der Waals surface area contributed by atoms with E-state index in [4.69, 9.17) is 5.73 Å². The molecular weight excluding hydrogens is 222 g/mol. The summed E-state index contributed by atoms with van der Waals surface area (Å²) < 4.78 is 0. The van der Waals surface area contributed by atoms with Crippen molar-refractivity contribution in [2.75, 3.05) is 6.54 Å². The van der Waals surface area contributed by atoms with E-state index in [1.165, 1.54) is 27.8 Å². The van der Waals surface area contributed by atoms with Crippen LogP contribution in [0.2, 0.25) is 0 Å². The molecule has 0 aromatic heterocycles. The molecule has 0 spiro atoms. The fourth-order valence-corrected chi connectivity index (χ4v) is 3.15. The van der Waals surface area contributed by atoms with Gasteiger partial charge in [0.25, 0.3) is 0 Å². The van der Waals surface area contributed by atoms with Gasteiger partial charge in [0.05, 0.1) is 0 Å². The number of aromatic hydroxyl groups is 1. The normalized spacial score (nSPS) is 16.5. The van der Waals surface area contributed by atoms with Crippen LogP contribution in [0.25, 0.3) is 11.1 Å². The molecule has 3 rings (SSSR count). The van der Waals surface area contributed by atoms with Crippen LogP contribution in [-0.4, -0.2) is 11.7 Å². The molecule has 0 saturated carbocycles. The zero-order valence-corrected chi connectivity index (χ0v) is 10.7. The predicted molar refractivity (Wildman–Crippen MR) is 73.9 cm³/mol. The Morgan fingerprint density at radius 3 is 2.61 bits per heavy atom. The number of aryl methyl sites for hydroxylation is 2. The minimum Gasteiger partial charge on any atom is -0.508 e.